The molecule has 0 bridgehead atoms. The molecule has 0 saturated carbocycles. The van der Waals surface area contributed by atoms with E-state index in [4.69, 9.17) is 4.74 Å². The van der Waals surface area contributed by atoms with E-state index in [9.17, 15) is 4.79 Å². The largest absolute Gasteiger partial charge is 0.448 e. The molecule has 0 fully saturated rings. The second kappa shape index (κ2) is 6.57. The molecule has 2 rings (SSSR count). The van der Waals surface area contributed by atoms with Gasteiger partial charge in [-0.3, -0.25) is 0 Å². The predicted octanol–water partition coefficient (Wildman–Crippen LogP) is 4.68. The Morgan fingerprint density at radius 2 is 2.00 bits per heavy atom. The number of imidazole rings is 1. The second-order valence-electron chi connectivity index (χ2n) is 7.28. The Morgan fingerprint density at radius 3 is 2.65 bits per heavy atom. The van der Waals surface area contributed by atoms with Gasteiger partial charge in [-0.15, -0.1) is 0 Å². The number of hydrogen-bond donors (Lipinski definition) is 0. The molecular weight excluding hydrogens is 288 g/mol. The predicted molar refractivity (Wildman–Crippen MR) is 91.9 cm³/mol. The van der Waals surface area contributed by atoms with Gasteiger partial charge < -0.3 is 4.74 Å². The third kappa shape index (κ3) is 4.01. The van der Waals surface area contributed by atoms with E-state index in [-0.39, 0.29) is 17.4 Å². The van der Waals surface area contributed by atoms with Crippen molar-refractivity contribution in [1.29, 1.82) is 0 Å². The van der Waals surface area contributed by atoms with Crippen LogP contribution in [-0.4, -0.2) is 22.3 Å². The SMILES string of the molecule is Cc1cccc([C@H](C)c2nccn2C(=O)OCC(C)(C)C)c1C. The van der Waals surface area contributed by atoms with Crippen LogP contribution < -0.4 is 0 Å². The highest BCUT2D eigenvalue weighted by molar-refractivity contribution is 5.71. The van der Waals surface area contributed by atoms with Crippen molar-refractivity contribution in [3.63, 3.8) is 0 Å². The lowest BCUT2D eigenvalue weighted by atomic mass is 9.93. The molecule has 0 N–H and O–H groups in total. The van der Waals surface area contributed by atoms with Gasteiger partial charge in [-0.2, -0.15) is 0 Å². The first-order valence-electron chi connectivity index (χ1n) is 7.97. The van der Waals surface area contributed by atoms with Gasteiger partial charge in [-0.05, 0) is 36.0 Å². The fourth-order valence-corrected chi connectivity index (χ4v) is 2.52. The number of aryl methyl sites for hydroxylation is 1. The van der Waals surface area contributed by atoms with Gasteiger partial charge in [-0.1, -0.05) is 45.9 Å². The number of ether oxygens (including phenoxy) is 1. The molecule has 1 heterocycles. The molecule has 0 saturated heterocycles. The summed E-state index contributed by atoms with van der Waals surface area (Å²) in [6.07, 6.45) is 2.95. The van der Waals surface area contributed by atoms with E-state index in [0.717, 1.165) is 0 Å². The number of carbonyl (C=O) groups is 1. The summed E-state index contributed by atoms with van der Waals surface area (Å²) < 4.78 is 6.93. The molecule has 0 aliphatic carbocycles. The Morgan fingerprint density at radius 1 is 1.30 bits per heavy atom. The number of hydrogen-bond acceptors (Lipinski definition) is 3. The molecule has 1 aromatic heterocycles. The Balaban J connectivity index is 2.26. The van der Waals surface area contributed by atoms with Gasteiger partial charge in [0.05, 0.1) is 6.61 Å². The summed E-state index contributed by atoms with van der Waals surface area (Å²) in [5, 5.41) is 0. The Kier molecular flexibility index (Phi) is 4.93. The van der Waals surface area contributed by atoms with Crippen LogP contribution in [0.2, 0.25) is 0 Å². The standard InChI is InChI=1S/C19H26N2O2/c1-13-8-7-9-16(14(13)2)15(3)17-20-10-11-21(17)18(22)23-12-19(4,5)6/h7-11,15H,12H2,1-6H3/t15-/m0/s1. The zero-order valence-corrected chi connectivity index (χ0v) is 14.9. The molecule has 2 aromatic rings. The lowest BCUT2D eigenvalue weighted by Gasteiger charge is -2.20. The van der Waals surface area contributed by atoms with E-state index in [0.29, 0.717) is 12.4 Å². The average molecular weight is 314 g/mol. The molecule has 23 heavy (non-hydrogen) atoms. The lowest BCUT2D eigenvalue weighted by molar-refractivity contribution is 0.107. The number of rotatable bonds is 3. The zero-order chi connectivity index (χ0) is 17.2. The maximum atomic E-state index is 12.4. The maximum Gasteiger partial charge on any atom is 0.419 e. The van der Waals surface area contributed by atoms with Gasteiger partial charge in [0, 0.05) is 18.3 Å². The van der Waals surface area contributed by atoms with Crippen molar-refractivity contribution in [2.75, 3.05) is 6.61 Å². The van der Waals surface area contributed by atoms with Crippen molar-refractivity contribution in [2.45, 2.75) is 47.5 Å². The van der Waals surface area contributed by atoms with Gasteiger partial charge >= 0.3 is 6.09 Å². The molecule has 4 nitrogen and oxygen atoms in total. The summed E-state index contributed by atoms with van der Waals surface area (Å²) in [5.41, 5.74) is 3.59. The first kappa shape index (κ1) is 17.3. The number of aromatic nitrogens is 2. The van der Waals surface area contributed by atoms with Gasteiger partial charge in [-0.25, -0.2) is 14.3 Å². The highest BCUT2D eigenvalue weighted by atomic mass is 16.5. The topological polar surface area (TPSA) is 44.1 Å². The number of benzene rings is 1. The molecular formula is C19H26N2O2. The number of nitrogens with zero attached hydrogens (tertiary/aromatic N) is 2. The lowest BCUT2D eigenvalue weighted by Crippen LogP contribution is -2.23. The quantitative estimate of drug-likeness (QED) is 0.826. The van der Waals surface area contributed by atoms with Crippen LogP contribution in [0.15, 0.2) is 30.6 Å². The van der Waals surface area contributed by atoms with E-state index in [2.05, 4.69) is 37.9 Å². The van der Waals surface area contributed by atoms with Crippen LogP contribution in [0.3, 0.4) is 0 Å². The van der Waals surface area contributed by atoms with Crippen molar-refractivity contribution in [3.05, 3.63) is 53.1 Å². The summed E-state index contributed by atoms with van der Waals surface area (Å²) in [6.45, 7) is 12.7. The van der Waals surface area contributed by atoms with Crippen molar-refractivity contribution in [2.24, 2.45) is 5.41 Å². The highest BCUT2D eigenvalue weighted by Crippen LogP contribution is 2.27. The van der Waals surface area contributed by atoms with Crippen LogP contribution in [0.5, 0.6) is 0 Å². The molecule has 0 radical (unpaired) electrons. The monoisotopic (exact) mass is 314 g/mol. The Bertz CT molecular complexity index is 696. The van der Waals surface area contributed by atoms with Crippen LogP contribution in [0.25, 0.3) is 0 Å². The molecule has 4 heteroatoms. The van der Waals surface area contributed by atoms with Crippen molar-refractivity contribution in [1.82, 2.24) is 9.55 Å². The van der Waals surface area contributed by atoms with Crippen LogP contribution in [-0.2, 0) is 4.74 Å². The molecule has 0 spiro atoms. The zero-order valence-electron chi connectivity index (χ0n) is 14.9. The van der Waals surface area contributed by atoms with E-state index < -0.39 is 0 Å². The minimum absolute atomic E-state index is 0.0205. The molecule has 1 aromatic carbocycles. The van der Waals surface area contributed by atoms with Gasteiger partial charge in [0.2, 0.25) is 0 Å². The smallest absolute Gasteiger partial charge is 0.419 e. The van der Waals surface area contributed by atoms with Crippen LogP contribution in [0.1, 0.15) is 56.1 Å². The van der Waals surface area contributed by atoms with Gasteiger partial charge in [0.15, 0.2) is 0 Å². The van der Waals surface area contributed by atoms with E-state index in [1.807, 2.05) is 26.8 Å². The average Bonchev–Trinajstić information content (AvgIpc) is 2.95. The summed E-state index contributed by atoms with van der Waals surface area (Å²) in [6, 6.07) is 6.22. The highest BCUT2D eigenvalue weighted by Gasteiger charge is 2.22. The Labute approximate surface area is 138 Å². The summed E-state index contributed by atoms with van der Waals surface area (Å²) in [7, 11) is 0. The van der Waals surface area contributed by atoms with E-state index in [1.54, 1.807) is 12.4 Å². The molecule has 0 amide bonds. The number of carbonyl (C=O) groups excluding carboxylic acids is 1. The molecule has 0 aliphatic heterocycles. The third-order valence-electron chi connectivity index (χ3n) is 4.00. The summed E-state index contributed by atoms with van der Waals surface area (Å²) in [5.74, 6) is 0.727. The van der Waals surface area contributed by atoms with Crippen molar-refractivity contribution >= 4 is 6.09 Å². The first-order chi connectivity index (χ1) is 10.7. The van der Waals surface area contributed by atoms with Crippen LogP contribution in [0, 0.1) is 19.3 Å². The fourth-order valence-electron chi connectivity index (χ4n) is 2.52. The maximum absolute atomic E-state index is 12.4. The molecule has 0 aliphatic rings. The van der Waals surface area contributed by atoms with E-state index in [1.165, 1.54) is 21.3 Å². The van der Waals surface area contributed by atoms with Gasteiger partial charge in [0.1, 0.15) is 5.82 Å². The summed E-state index contributed by atoms with van der Waals surface area (Å²) >= 11 is 0. The third-order valence-corrected chi connectivity index (χ3v) is 4.00. The molecule has 0 unspecified atom stereocenters. The van der Waals surface area contributed by atoms with Crippen molar-refractivity contribution in [3.8, 4) is 0 Å². The van der Waals surface area contributed by atoms with Crippen molar-refractivity contribution < 1.29 is 9.53 Å². The van der Waals surface area contributed by atoms with Gasteiger partial charge in [0.25, 0.3) is 0 Å². The van der Waals surface area contributed by atoms with Crippen LogP contribution in [0.4, 0.5) is 4.79 Å². The Hall–Kier alpha value is -2.10. The van der Waals surface area contributed by atoms with Crippen LogP contribution >= 0.6 is 0 Å². The second-order valence-corrected chi connectivity index (χ2v) is 7.28. The first-order valence-corrected chi connectivity index (χ1v) is 7.97. The van der Waals surface area contributed by atoms with E-state index >= 15 is 0 Å². The summed E-state index contributed by atoms with van der Waals surface area (Å²) in [4.78, 5) is 16.8. The fraction of sp³-hybridized carbons (Fsp3) is 0.474. The molecule has 124 valence electrons. The minimum Gasteiger partial charge on any atom is -0.448 e. The molecule has 1 atom stereocenters. The normalized spacial score (nSPS) is 13.0. The minimum atomic E-state index is -0.371.